The Morgan fingerprint density at radius 3 is 2.30 bits per heavy atom. The first-order valence-corrected chi connectivity index (χ1v) is 8.92. The van der Waals surface area contributed by atoms with Crippen LogP contribution >= 0.6 is 0 Å². The maximum Gasteiger partial charge on any atom is 0.419 e. The number of rotatable bonds is 3. The summed E-state index contributed by atoms with van der Waals surface area (Å²) in [5.41, 5.74) is -1.16. The van der Waals surface area contributed by atoms with E-state index >= 15 is 0 Å². The van der Waals surface area contributed by atoms with Gasteiger partial charge in [-0.05, 0) is 36.4 Å². The molecule has 4 nitrogen and oxygen atoms in total. The minimum absolute atomic E-state index is 0.0419. The van der Waals surface area contributed by atoms with E-state index in [9.17, 15) is 31.1 Å². The summed E-state index contributed by atoms with van der Waals surface area (Å²) in [5, 5.41) is 2.52. The number of anilines is 2. The molecule has 0 fully saturated rings. The predicted molar refractivity (Wildman–Crippen MR) is 98.8 cm³/mol. The van der Waals surface area contributed by atoms with E-state index in [4.69, 9.17) is 0 Å². The van der Waals surface area contributed by atoms with E-state index in [0.717, 1.165) is 30.3 Å². The number of aromatic nitrogens is 1. The van der Waals surface area contributed by atoms with Gasteiger partial charge in [0.15, 0.2) is 0 Å². The fourth-order valence-electron chi connectivity index (χ4n) is 3.22. The Morgan fingerprint density at radius 2 is 1.73 bits per heavy atom. The zero-order chi connectivity index (χ0) is 22.1. The van der Waals surface area contributed by atoms with Crippen LogP contribution in [0.1, 0.15) is 18.1 Å². The van der Waals surface area contributed by atoms with Gasteiger partial charge in [-0.25, -0.2) is 4.98 Å². The SMILES string of the molecule is C[C@H]1CN(c2ncccc2C(F)(F)F)CC=C1C(=O)Nc1ccc(C(F)(F)F)cc1. The van der Waals surface area contributed by atoms with Crippen molar-refractivity contribution in [3.05, 3.63) is 65.4 Å². The first kappa shape index (κ1) is 21.7. The summed E-state index contributed by atoms with van der Waals surface area (Å²) in [6.07, 6.45) is -6.27. The number of amides is 1. The summed E-state index contributed by atoms with van der Waals surface area (Å²) < 4.78 is 77.6. The second-order valence-corrected chi connectivity index (χ2v) is 6.87. The molecule has 0 unspecified atom stereocenters. The van der Waals surface area contributed by atoms with Crippen molar-refractivity contribution in [3.63, 3.8) is 0 Å². The average molecular weight is 429 g/mol. The van der Waals surface area contributed by atoms with Crippen molar-refractivity contribution < 1.29 is 31.1 Å². The average Bonchev–Trinajstić information content (AvgIpc) is 2.67. The number of benzene rings is 1. The molecule has 0 spiro atoms. The smallest absolute Gasteiger partial charge is 0.352 e. The van der Waals surface area contributed by atoms with Gasteiger partial charge in [-0.15, -0.1) is 0 Å². The number of pyridine rings is 1. The number of hydrogen-bond acceptors (Lipinski definition) is 3. The van der Waals surface area contributed by atoms with Crippen LogP contribution in [0, 0.1) is 5.92 Å². The third-order valence-electron chi connectivity index (χ3n) is 4.68. The molecule has 0 bridgehead atoms. The van der Waals surface area contributed by atoms with E-state index in [1.165, 1.54) is 23.2 Å². The lowest BCUT2D eigenvalue weighted by Crippen LogP contribution is -2.38. The van der Waals surface area contributed by atoms with Crippen LogP contribution in [0.15, 0.2) is 54.2 Å². The van der Waals surface area contributed by atoms with Gasteiger partial charge in [0.2, 0.25) is 0 Å². The van der Waals surface area contributed by atoms with E-state index in [1.807, 2.05) is 0 Å². The van der Waals surface area contributed by atoms with E-state index in [2.05, 4.69) is 10.3 Å². The van der Waals surface area contributed by atoms with E-state index in [0.29, 0.717) is 5.57 Å². The molecule has 0 saturated heterocycles. The molecule has 0 radical (unpaired) electrons. The van der Waals surface area contributed by atoms with Crippen LogP contribution in [0.3, 0.4) is 0 Å². The van der Waals surface area contributed by atoms with Gasteiger partial charge in [-0.1, -0.05) is 13.0 Å². The number of halogens is 6. The maximum atomic E-state index is 13.2. The number of carbonyl (C=O) groups excluding carboxylic acids is 1. The molecule has 10 heteroatoms. The van der Waals surface area contributed by atoms with E-state index in [-0.39, 0.29) is 24.6 Å². The van der Waals surface area contributed by atoms with E-state index < -0.39 is 35.3 Å². The number of carbonyl (C=O) groups is 1. The van der Waals surface area contributed by atoms with Gasteiger partial charge < -0.3 is 10.2 Å². The van der Waals surface area contributed by atoms with Gasteiger partial charge in [0.05, 0.1) is 11.1 Å². The van der Waals surface area contributed by atoms with Crippen LogP contribution in [0.4, 0.5) is 37.8 Å². The Morgan fingerprint density at radius 1 is 1.07 bits per heavy atom. The van der Waals surface area contributed by atoms with Gasteiger partial charge >= 0.3 is 12.4 Å². The standard InChI is InChI=1S/C20H17F6N3O/c1-12-11-29(17-16(20(24,25)26)3-2-9-27-17)10-8-15(12)18(30)28-14-6-4-13(5-7-14)19(21,22)23/h2-9,12H,10-11H2,1H3,(H,28,30)/t12-/m0/s1. The van der Waals surface area contributed by atoms with Gasteiger partial charge in [0, 0.05) is 36.5 Å². The summed E-state index contributed by atoms with van der Waals surface area (Å²) in [5.74, 6) is -1.15. The number of alkyl halides is 6. The quantitative estimate of drug-likeness (QED) is 0.688. The molecule has 1 aromatic carbocycles. The van der Waals surface area contributed by atoms with Crippen molar-refractivity contribution in [3.8, 4) is 0 Å². The van der Waals surface area contributed by atoms with Gasteiger partial charge in [0.1, 0.15) is 5.82 Å². The molecule has 2 heterocycles. The first-order valence-electron chi connectivity index (χ1n) is 8.92. The van der Waals surface area contributed by atoms with Crippen molar-refractivity contribution in [2.24, 2.45) is 5.92 Å². The fraction of sp³-hybridized carbons (Fsp3) is 0.300. The lowest BCUT2D eigenvalue weighted by molar-refractivity contribution is -0.138. The largest absolute Gasteiger partial charge is 0.419 e. The monoisotopic (exact) mass is 429 g/mol. The molecule has 1 amide bonds. The highest BCUT2D eigenvalue weighted by Crippen LogP contribution is 2.36. The molecule has 1 aromatic heterocycles. The first-order chi connectivity index (χ1) is 14.0. The molecular formula is C20H17F6N3O. The topological polar surface area (TPSA) is 45.2 Å². The second kappa shape index (κ2) is 8.00. The van der Waals surface area contributed by atoms with Crippen molar-refractivity contribution in [1.82, 2.24) is 4.98 Å². The van der Waals surface area contributed by atoms with Crippen molar-refractivity contribution >= 4 is 17.4 Å². The minimum atomic E-state index is -4.56. The normalized spacial score (nSPS) is 17.5. The summed E-state index contributed by atoms with van der Waals surface area (Å²) >= 11 is 0. The Kier molecular flexibility index (Phi) is 5.78. The Hall–Kier alpha value is -3.04. The maximum absolute atomic E-state index is 13.2. The zero-order valence-corrected chi connectivity index (χ0v) is 15.7. The Labute approximate surface area is 168 Å². The lowest BCUT2D eigenvalue weighted by Gasteiger charge is -2.32. The zero-order valence-electron chi connectivity index (χ0n) is 15.7. The molecule has 2 aromatic rings. The highest BCUT2D eigenvalue weighted by molar-refractivity contribution is 6.04. The molecule has 1 aliphatic rings. The molecule has 0 saturated carbocycles. The number of nitrogens with zero attached hydrogens (tertiary/aromatic N) is 2. The molecular weight excluding hydrogens is 412 g/mol. The molecule has 0 aliphatic carbocycles. The predicted octanol–water partition coefficient (Wildman–Crippen LogP) is 5.14. The highest BCUT2D eigenvalue weighted by atomic mass is 19.4. The van der Waals surface area contributed by atoms with Crippen LogP contribution in [0.5, 0.6) is 0 Å². The molecule has 30 heavy (non-hydrogen) atoms. The molecule has 1 aliphatic heterocycles. The molecule has 1 atom stereocenters. The molecule has 3 rings (SSSR count). The Balaban J connectivity index is 1.74. The lowest BCUT2D eigenvalue weighted by atomic mass is 9.95. The third-order valence-corrected chi connectivity index (χ3v) is 4.68. The van der Waals surface area contributed by atoms with Crippen molar-refractivity contribution in [1.29, 1.82) is 0 Å². The summed E-state index contributed by atoms with van der Waals surface area (Å²) in [6.45, 7) is 1.85. The minimum Gasteiger partial charge on any atom is -0.352 e. The van der Waals surface area contributed by atoms with Gasteiger partial charge in [-0.3, -0.25) is 4.79 Å². The van der Waals surface area contributed by atoms with Crippen LogP contribution in [0.2, 0.25) is 0 Å². The van der Waals surface area contributed by atoms with Crippen LogP contribution in [-0.2, 0) is 17.1 Å². The van der Waals surface area contributed by atoms with Gasteiger partial charge in [-0.2, -0.15) is 26.3 Å². The Bertz CT molecular complexity index is 950. The number of hydrogen-bond donors (Lipinski definition) is 1. The fourth-order valence-corrected chi connectivity index (χ4v) is 3.22. The summed E-state index contributed by atoms with van der Waals surface area (Å²) in [7, 11) is 0. The molecule has 1 N–H and O–H groups in total. The van der Waals surface area contributed by atoms with E-state index in [1.54, 1.807) is 6.92 Å². The van der Waals surface area contributed by atoms with Crippen LogP contribution < -0.4 is 10.2 Å². The molecule has 160 valence electrons. The van der Waals surface area contributed by atoms with Crippen LogP contribution in [0.25, 0.3) is 0 Å². The second-order valence-electron chi connectivity index (χ2n) is 6.87. The summed E-state index contributed by atoms with van der Waals surface area (Å²) in [4.78, 5) is 17.8. The van der Waals surface area contributed by atoms with Gasteiger partial charge in [0.25, 0.3) is 5.91 Å². The number of nitrogens with one attached hydrogen (secondary N) is 1. The van der Waals surface area contributed by atoms with Crippen molar-refractivity contribution in [2.45, 2.75) is 19.3 Å². The third kappa shape index (κ3) is 4.74. The summed E-state index contributed by atoms with van der Waals surface area (Å²) in [6, 6.07) is 6.16. The van der Waals surface area contributed by atoms with Crippen molar-refractivity contribution in [2.75, 3.05) is 23.3 Å². The highest BCUT2D eigenvalue weighted by Gasteiger charge is 2.37. The van der Waals surface area contributed by atoms with Crippen LogP contribution in [-0.4, -0.2) is 24.0 Å².